The maximum absolute atomic E-state index is 11.0. The van der Waals surface area contributed by atoms with E-state index in [4.69, 9.17) is 0 Å². The molecule has 0 heterocycles. The van der Waals surface area contributed by atoms with Crippen molar-refractivity contribution in [3.63, 3.8) is 0 Å². The Morgan fingerprint density at radius 3 is 1.07 bits per heavy atom. The van der Waals surface area contributed by atoms with Crippen molar-refractivity contribution in [3.8, 4) is 0 Å². The molecule has 0 aliphatic heterocycles. The van der Waals surface area contributed by atoms with E-state index in [2.05, 4.69) is 41.5 Å². The van der Waals surface area contributed by atoms with E-state index in [1.54, 1.807) is 0 Å². The van der Waals surface area contributed by atoms with Gasteiger partial charge in [-0.05, 0) is 60.8 Å². The Morgan fingerprint density at radius 1 is 0.500 bits per heavy atom. The van der Waals surface area contributed by atoms with E-state index in [0.717, 1.165) is 89.9 Å². The van der Waals surface area contributed by atoms with Gasteiger partial charge in [0.15, 0.2) is 0 Å². The smallest absolute Gasteiger partial charge is 0.0755 e. The highest BCUT2D eigenvalue weighted by Gasteiger charge is 2.22. The van der Waals surface area contributed by atoms with Crippen LogP contribution in [-0.4, -0.2) is 22.4 Å². The summed E-state index contributed by atoms with van der Waals surface area (Å²) in [6, 6.07) is 0. The van der Waals surface area contributed by atoms with Crippen LogP contribution in [0.1, 0.15) is 131 Å². The highest BCUT2D eigenvalue weighted by Crippen LogP contribution is 2.35. The fourth-order valence-corrected chi connectivity index (χ4v) is 4.23. The lowest BCUT2D eigenvalue weighted by molar-refractivity contribution is 0.188. The van der Waals surface area contributed by atoms with Crippen LogP contribution >= 0.6 is 0 Å². The molecule has 2 atom stereocenters. The molecule has 0 fully saturated rings. The first-order valence-electron chi connectivity index (χ1n) is 12.3. The van der Waals surface area contributed by atoms with Gasteiger partial charge in [-0.2, -0.15) is 0 Å². The summed E-state index contributed by atoms with van der Waals surface area (Å²) in [7, 11) is 0. The third-order valence-corrected chi connectivity index (χ3v) is 5.64. The van der Waals surface area contributed by atoms with Crippen LogP contribution in [0.5, 0.6) is 0 Å². The summed E-state index contributed by atoms with van der Waals surface area (Å²) in [4.78, 5) is 0. The summed E-state index contributed by atoms with van der Waals surface area (Å²) in [6.07, 6.45) is 13.7. The second-order valence-corrected chi connectivity index (χ2v) is 8.32. The topological polar surface area (TPSA) is 40.5 Å². The number of aliphatic hydroxyl groups is 2. The number of hydrogen-bond donors (Lipinski definition) is 2. The van der Waals surface area contributed by atoms with Crippen LogP contribution < -0.4 is 0 Å². The predicted molar refractivity (Wildman–Crippen MR) is 125 cm³/mol. The minimum absolute atomic E-state index is 0.330. The third-order valence-electron chi connectivity index (χ3n) is 5.64. The molecule has 0 aromatic rings. The summed E-state index contributed by atoms with van der Waals surface area (Å²) in [5.74, 6) is 0. The Morgan fingerprint density at radius 2 is 0.821 bits per heavy atom. The average molecular weight is 395 g/mol. The Hall–Kier alpha value is -0.600. The third kappa shape index (κ3) is 9.74. The molecule has 0 saturated heterocycles. The van der Waals surface area contributed by atoms with E-state index in [-0.39, 0.29) is 12.2 Å². The molecule has 0 saturated carbocycles. The van der Waals surface area contributed by atoms with Gasteiger partial charge in [-0.25, -0.2) is 0 Å². The Balaban J connectivity index is 6.38. The van der Waals surface area contributed by atoms with Crippen LogP contribution in [0.2, 0.25) is 0 Å². The van der Waals surface area contributed by atoms with Gasteiger partial charge in [0.05, 0.1) is 12.2 Å². The van der Waals surface area contributed by atoms with Gasteiger partial charge < -0.3 is 10.2 Å². The first-order chi connectivity index (χ1) is 13.5. The van der Waals surface area contributed by atoms with Crippen molar-refractivity contribution in [3.05, 3.63) is 22.3 Å². The fourth-order valence-electron chi connectivity index (χ4n) is 4.23. The van der Waals surface area contributed by atoms with E-state index in [0.29, 0.717) is 0 Å². The predicted octanol–water partition coefficient (Wildman–Crippen LogP) is 7.88. The van der Waals surface area contributed by atoms with Gasteiger partial charge in [0.1, 0.15) is 0 Å². The highest BCUT2D eigenvalue weighted by atomic mass is 16.3. The van der Waals surface area contributed by atoms with Crippen LogP contribution in [0.3, 0.4) is 0 Å². The average Bonchev–Trinajstić information content (AvgIpc) is 2.69. The van der Waals surface area contributed by atoms with E-state index in [1.165, 1.54) is 22.3 Å². The van der Waals surface area contributed by atoms with Crippen LogP contribution in [0, 0.1) is 0 Å². The molecule has 0 rings (SSSR count). The molecule has 2 heteroatoms. The number of aliphatic hydroxyl groups excluding tert-OH is 2. The van der Waals surface area contributed by atoms with Crippen molar-refractivity contribution in [2.24, 2.45) is 0 Å². The number of allylic oxidation sites excluding steroid dienone is 2. The SMILES string of the molecule is CCCCC(O)/C(CCC)=C(CCC)/C(CCC)=C(\CCC)C(O)CCCC. The molecule has 0 aliphatic carbocycles. The molecular weight excluding hydrogens is 344 g/mol. The monoisotopic (exact) mass is 394 g/mol. The van der Waals surface area contributed by atoms with Gasteiger partial charge in [0.25, 0.3) is 0 Å². The molecular formula is C26H50O2. The lowest BCUT2D eigenvalue weighted by Gasteiger charge is -2.27. The van der Waals surface area contributed by atoms with E-state index < -0.39 is 0 Å². The molecule has 2 N–H and O–H groups in total. The second-order valence-electron chi connectivity index (χ2n) is 8.32. The quantitative estimate of drug-likeness (QED) is 0.246. The molecule has 0 aromatic heterocycles. The van der Waals surface area contributed by atoms with Gasteiger partial charge in [0, 0.05) is 0 Å². The first-order valence-corrected chi connectivity index (χ1v) is 12.3. The standard InChI is InChI=1S/C26H50O2/c1-7-13-19-25(27)23(17-11-5)21(15-9-3)22(16-10-4)24(18-12-6)26(28)20-14-8-2/h25-28H,7-20H2,1-6H3/b23-21+,24-22+. The molecule has 2 unspecified atom stereocenters. The Labute approximate surface area is 176 Å². The lowest BCUT2D eigenvalue weighted by atomic mass is 9.82. The number of rotatable bonds is 17. The van der Waals surface area contributed by atoms with Gasteiger partial charge in [-0.15, -0.1) is 0 Å². The summed E-state index contributed by atoms with van der Waals surface area (Å²) in [6.45, 7) is 13.3. The van der Waals surface area contributed by atoms with Crippen molar-refractivity contribution in [2.75, 3.05) is 0 Å². The van der Waals surface area contributed by atoms with E-state index in [1.807, 2.05) is 0 Å². The molecule has 0 radical (unpaired) electrons. The molecule has 28 heavy (non-hydrogen) atoms. The maximum Gasteiger partial charge on any atom is 0.0755 e. The Kier molecular flexibility index (Phi) is 16.9. The summed E-state index contributed by atoms with van der Waals surface area (Å²) < 4.78 is 0. The second kappa shape index (κ2) is 17.3. The molecule has 0 aliphatic rings. The van der Waals surface area contributed by atoms with E-state index in [9.17, 15) is 10.2 Å². The van der Waals surface area contributed by atoms with Crippen molar-refractivity contribution < 1.29 is 10.2 Å². The summed E-state index contributed by atoms with van der Waals surface area (Å²) in [5.41, 5.74) is 5.29. The molecule has 0 amide bonds. The zero-order valence-electron chi connectivity index (χ0n) is 19.9. The first kappa shape index (κ1) is 27.4. The van der Waals surface area contributed by atoms with Crippen LogP contribution in [0.25, 0.3) is 0 Å². The number of hydrogen-bond acceptors (Lipinski definition) is 2. The normalized spacial score (nSPS) is 15.9. The number of unbranched alkanes of at least 4 members (excludes halogenated alkanes) is 2. The van der Waals surface area contributed by atoms with Gasteiger partial charge >= 0.3 is 0 Å². The minimum atomic E-state index is -0.330. The summed E-state index contributed by atoms with van der Waals surface area (Å²) >= 11 is 0. The van der Waals surface area contributed by atoms with Gasteiger partial charge in [-0.1, -0.05) is 92.9 Å². The highest BCUT2D eigenvalue weighted by molar-refractivity contribution is 5.42. The van der Waals surface area contributed by atoms with Crippen molar-refractivity contribution in [2.45, 2.75) is 144 Å². The molecule has 0 bridgehead atoms. The van der Waals surface area contributed by atoms with Gasteiger partial charge in [0.2, 0.25) is 0 Å². The summed E-state index contributed by atoms with van der Waals surface area (Å²) in [5, 5.41) is 22.1. The molecule has 166 valence electrons. The van der Waals surface area contributed by atoms with Gasteiger partial charge in [-0.3, -0.25) is 0 Å². The van der Waals surface area contributed by atoms with Crippen molar-refractivity contribution >= 4 is 0 Å². The zero-order chi connectivity index (χ0) is 21.4. The largest absolute Gasteiger partial charge is 0.389 e. The van der Waals surface area contributed by atoms with Crippen LogP contribution in [-0.2, 0) is 0 Å². The lowest BCUT2D eigenvalue weighted by Crippen LogP contribution is -2.18. The zero-order valence-corrected chi connectivity index (χ0v) is 19.9. The molecule has 0 spiro atoms. The molecule has 0 aromatic carbocycles. The van der Waals surface area contributed by atoms with Crippen LogP contribution in [0.15, 0.2) is 22.3 Å². The fraction of sp³-hybridized carbons (Fsp3) is 0.846. The van der Waals surface area contributed by atoms with E-state index >= 15 is 0 Å². The van der Waals surface area contributed by atoms with Crippen molar-refractivity contribution in [1.29, 1.82) is 0 Å². The van der Waals surface area contributed by atoms with Crippen molar-refractivity contribution in [1.82, 2.24) is 0 Å². The Bertz CT molecular complexity index is 405. The molecule has 2 nitrogen and oxygen atoms in total. The minimum Gasteiger partial charge on any atom is -0.389 e. The maximum atomic E-state index is 11.0. The van der Waals surface area contributed by atoms with Crippen LogP contribution in [0.4, 0.5) is 0 Å².